The number of rotatable bonds is 3. The van der Waals surface area contributed by atoms with Crippen LogP contribution >= 0.6 is 0 Å². The lowest BCUT2D eigenvalue weighted by atomic mass is 10.2. The zero-order valence-electron chi connectivity index (χ0n) is 7.82. The summed E-state index contributed by atoms with van der Waals surface area (Å²) in [5.74, 6) is 0.595. The molecular formula is C10H13NO2. The summed E-state index contributed by atoms with van der Waals surface area (Å²) in [6, 6.07) is 3.74. The molecule has 3 heteroatoms. The molecule has 0 aliphatic rings. The Bertz CT molecular complexity index is 308. The molecule has 1 rings (SSSR count). The Balaban J connectivity index is 2.94. The predicted molar refractivity (Wildman–Crippen MR) is 51.6 cm³/mol. The Hall–Kier alpha value is -1.35. The van der Waals surface area contributed by atoms with Crippen molar-refractivity contribution in [3.8, 4) is 5.88 Å². The molecule has 0 aliphatic carbocycles. The molecule has 3 nitrogen and oxygen atoms in total. The monoisotopic (exact) mass is 179 g/mol. The summed E-state index contributed by atoms with van der Waals surface area (Å²) in [7, 11) is 1.58. The summed E-state index contributed by atoms with van der Waals surface area (Å²) in [5.41, 5.74) is 1.88. The van der Waals surface area contributed by atoms with Gasteiger partial charge in [-0.2, -0.15) is 0 Å². The normalized spacial score (nSPS) is 10.7. The second-order valence-electron chi connectivity index (χ2n) is 2.67. The highest BCUT2D eigenvalue weighted by Gasteiger charge is 1.96. The minimum Gasteiger partial charge on any atom is -0.481 e. The third-order valence-electron chi connectivity index (χ3n) is 1.58. The van der Waals surface area contributed by atoms with E-state index in [2.05, 4.69) is 4.98 Å². The Morgan fingerprint density at radius 1 is 1.54 bits per heavy atom. The molecule has 1 N–H and O–H groups in total. The van der Waals surface area contributed by atoms with E-state index in [-0.39, 0.29) is 6.61 Å². The average molecular weight is 179 g/mol. The molecule has 0 aliphatic heterocycles. The third kappa shape index (κ3) is 2.87. The quantitative estimate of drug-likeness (QED) is 0.762. The number of methoxy groups -OCH3 is 1. The van der Waals surface area contributed by atoms with Crippen LogP contribution in [0.5, 0.6) is 5.88 Å². The number of ether oxygens (including phenoxy) is 1. The van der Waals surface area contributed by atoms with E-state index >= 15 is 0 Å². The summed E-state index contributed by atoms with van der Waals surface area (Å²) < 4.78 is 5.01. The fraction of sp³-hybridized carbons (Fsp3) is 0.300. The molecule has 0 saturated carbocycles. The Morgan fingerprint density at radius 2 is 2.31 bits per heavy atom. The maximum atomic E-state index is 8.59. The molecule has 0 bridgehead atoms. The highest BCUT2D eigenvalue weighted by molar-refractivity contribution is 5.51. The lowest BCUT2D eigenvalue weighted by molar-refractivity contribution is 0.343. The van der Waals surface area contributed by atoms with Crippen LogP contribution in [0.25, 0.3) is 6.08 Å². The lowest BCUT2D eigenvalue weighted by Gasteiger charge is -2.01. The van der Waals surface area contributed by atoms with E-state index < -0.39 is 0 Å². The molecule has 0 fully saturated rings. The van der Waals surface area contributed by atoms with Gasteiger partial charge in [0.05, 0.1) is 13.7 Å². The first-order chi connectivity index (χ1) is 6.26. The summed E-state index contributed by atoms with van der Waals surface area (Å²) in [6.45, 7) is 1.95. The van der Waals surface area contributed by atoms with Crippen molar-refractivity contribution < 1.29 is 9.84 Å². The number of aliphatic hydroxyl groups is 1. The topological polar surface area (TPSA) is 42.4 Å². The van der Waals surface area contributed by atoms with Gasteiger partial charge in [-0.1, -0.05) is 12.2 Å². The first-order valence-corrected chi connectivity index (χ1v) is 4.06. The highest BCUT2D eigenvalue weighted by Crippen LogP contribution is 2.12. The van der Waals surface area contributed by atoms with Crippen molar-refractivity contribution in [1.82, 2.24) is 4.98 Å². The Kier molecular flexibility index (Phi) is 3.46. The first-order valence-electron chi connectivity index (χ1n) is 4.06. The molecule has 0 unspecified atom stereocenters. The first kappa shape index (κ1) is 9.74. The molecule has 1 heterocycles. The van der Waals surface area contributed by atoms with Crippen molar-refractivity contribution in [2.45, 2.75) is 6.92 Å². The van der Waals surface area contributed by atoms with Gasteiger partial charge < -0.3 is 9.84 Å². The zero-order valence-corrected chi connectivity index (χ0v) is 7.82. The molecule has 0 amide bonds. The number of aliphatic hydroxyl groups excluding tert-OH is 1. The maximum absolute atomic E-state index is 8.59. The minimum absolute atomic E-state index is 0.0453. The van der Waals surface area contributed by atoms with Gasteiger partial charge in [-0.05, 0) is 18.6 Å². The van der Waals surface area contributed by atoms with Gasteiger partial charge in [0.15, 0.2) is 0 Å². The van der Waals surface area contributed by atoms with Crippen LogP contribution in [0.1, 0.15) is 11.3 Å². The van der Waals surface area contributed by atoms with Gasteiger partial charge in [-0.3, -0.25) is 0 Å². The van der Waals surface area contributed by atoms with Gasteiger partial charge in [0.1, 0.15) is 0 Å². The molecule has 0 radical (unpaired) electrons. The number of aromatic nitrogens is 1. The van der Waals surface area contributed by atoms with Crippen LogP contribution in [0.15, 0.2) is 18.2 Å². The molecule has 1 aromatic rings. The SMILES string of the molecule is COc1cc(/C=C/CO)cc(C)n1. The molecule has 0 atom stereocenters. The van der Waals surface area contributed by atoms with E-state index in [0.29, 0.717) is 5.88 Å². The summed E-state index contributed by atoms with van der Waals surface area (Å²) in [5, 5.41) is 8.59. The molecule has 0 aromatic carbocycles. The number of hydrogen-bond acceptors (Lipinski definition) is 3. The molecule has 1 aromatic heterocycles. The van der Waals surface area contributed by atoms with Crippen LogP contribution in [-0.4, -0.2) is 23.8 Å². The van der Waals surface area contributed by atoms with Crippen LogP contribution in [0.3, 0.4) is 0 Å². The largest absolute Gasteiger partial charge is 0.481 e. The fourth-order valence-corrected chi connectivity index (χ4v) is 1.05. The van der Waals surface area contributed by atoms with E-state index in [4.69, 9.17) is 9.84 Å². The predicted octanol–water partition coefficient (Wildman–Crippen LogP) is 1.40. The third-order valence-corrected chi connectivity index (χ3v) is 1.58. The van der Waals surface area contributed by atoms with E-state index in [0.717, 1.165) is 11.3 Å². The van der Waals surface area contributed by atoms with Crippen molar-refractivity contribution in [3.63, 3.8) is 0 Å². The second kappa shape index (κ2) is 4.62. The highest BCUT2D eigenvalue weighted by atomic mass is 16.5. The number of pyridine rings is 1. The van der Waals surface area contributed by atoms with Crippen LogP contribution in [0.4, 0.5) is 0 Å². The second-order valence-corrected chi connectivity index (χ2v) is 2.67. The van der Waals surface area contributed by atoms with E-state index in [9.17, 15) is 0 Å². The van der Waals surface area contributed by atoms with Gasteiger partial charge >= 0.3 is 0 Å². The van der Waals surface area contributed by atoms with E-state index in [1.807, 2.05) is 25.1 Å². The van der Waals surface area contributed by atoms with Crippen LogP contribution in [-0.2, 0) is 0 Å². The number of aryl methyl sites for hydroxylation is 1. The van der Waals surface area contributed by atoms with Gasteiger partial charge in [-0.25, -0.2) is 4.98 Å². The summed E-state index contributed by atoms with van der Waals surface area (Å²) in [6.07, 6.45) is 3.51. The van der Waals surface area contributed by atoms with Crippen molar-refractivity contribution in [3.05, 3.63) is 29.5 Å². The van der Waals surface area contributed by atoms with Crippen LogP contribution in [0, 0.1) is 6.92 Å². The summed E-state index contributed by atoms with van der Waals surface area (Å²) >= 11 is 0. The van der Waals surface area contributed by atoms with Crippen molar-refractivity contribution in [2.24, 2.45) is 0 Å². The van der Waals surface area contributed by atoms with Gasteiger partial charge in [0.25, 0.3) is 0 Å². The molecule has 70 valence electrons. The molecular weight excluding hydrogens is 166 g/mol. The minimum atomic E-state index is 0.0453. The average Bonchev–Trinajstić information content (AvgIpc) is 2.14. The van der Waals surface area contributed by atoms with Crippen molar-refractivity contribution in [2.75, 3.05) is 13.7 Å². The number of hydrogen-bond donors (Lipinski definition) is 1. The molecule has 13 heavy (non-hydrogen) atoms. The maximum Gasteiger partial charge on any atom is 0.213 e. The van der Waals surface area contributed by atoms with Gasteiger partial charge in [0, 0.05) is 11.8 Å². The van der Waals surface area contributed by atoms with E-state index in [1.54, 1.807) is 13.2 Å². The van der Waals surface area contributed by atoms with Crippen molar-refractivity contribution >= 4 is 6.08 Å². The van der Waals surface area contributed by atoms with Crippen LogP contribution in [0.2, 0.25) is 0 Å². The Morgan fingerprint density at radius 3 is 2.92 bits per heavy atom. The summed E-state index contributed by atoms with van der Waals surface area (Å²) in [4.78, 5) is 4.14. The zero-order chi connectivity index (χ0) is 9.68. The molecule has 0 saturated heterocycles. The van der Waals surface area contributed by atoms with Crippen LogP contribution < -0.4 is 4.74 Å². The number of nitrogens with zero attached hydrogens (tertiary/aromatic N) is 1. The fourth-order valence-electron chi connectivity index (χ4n) is 1.05. The standard InChI is InChI=1S/C10H13NO2/c1-8-6-9(4-3-5-12)7-10(11-8)13-2/h3-4,6-7,12H,5H2,1-2H3/b4-3+. The van der Waals surface area contributed by atoms with Gasteiger partial charge in [0.2, 0.25) is 5.88 Å². The van der Waals surface area contributed by atoms with Gasteiger partial charge in [-0.15, -0.1) is 0 Å². The Labute approximate surface area is 77.7 Å². The van der Waals surface area contributed by atoms with Crippen molar-refractivity contribution in [1.29, 1.82) is 0 Å². The lowest BCUT2D eigenvalue weighted by Crippen LogP contribution is -1.90. The smallest absolute Gasteiger partial charge is 0.213 e. The molecule has 0 spiro atoms. The van der Waals surface area contributed by atoms with E-state index in [1.165, 1.54) is 0 Å².